The molecular weight excluding hydrogens is 285 g/mol. The van der Waals surface area contributed by atoms with E-state index < -0.39 is 17.5 Å². The van der Waals surface area contributed by atoms with Crippen LogP contribution in [0, 0.1) is 31.0 Å². The molecule has 0 radical (unpaired) electrons. The number of benzene rings is 1. The Kier molecular flexibility index (Phi) is 4.37. The van der Waals surface area contributed by atoms with Gasteiger partial charge < -0.3 is 10.4 Å². The molecule has 22 heavy (non-hydrogen) atoms. The zero-order valence-corrected chi connectivity index (χ0v) is 12.1. The van der Waals surface area contributed by atoms with Gasteiger partial charge in [-0.05, 0) is 42.7 Å². The van der Waals surface area contributed by atoms with E-state index in [2.05, 4.69) is 16.4 Å². The number of amides is 1. The lowest BCUT2D eigenvalue weighted by molar-refractivity contribution is 0.0942. The molecular formula is C16H14FN3O2. The van der Waals surface area contributed by atoms with Crippen molar-refractivity contribution in [2.45, 2.75) is 20.4 Å². The van der Waals surface area contributed by atoms with Crippen LogP contribution in [0.1, 0.15) is 32.7 Å². The highest BCUT2D eigenvalue weighted by molar-refractivity contribution is 5.94. The van der Waals surface area contributed by atoms with Gasteiger partial charge in [0.25, 0.3) is 5.91 Å². The monoisotopic (exact) mass is 299 g/mol. The average molecular weight is 299 g/mol. The Hall–Kier alpha value is -2.94. The minimum Gasteiger partial charge on any atom is -0.505 e. The second-order valence-electron chi connectivity index (χ2n) is 4.90. The second kappa shape index (κ2) is 6.22. The molecule has 112 valence electrons. The number of halogens is 1. The van der Waals surface area contributed by atoms with E-state index in [1.807, 2.05) is 13.8 Å². The number of carbonyl (C=O) groups excluding carboxylic acids is 1. The van der Waals surface area contributed by atoms with Gasteiger partial charge in [0, 0.05) is 12.6 Å². The zero-order chi connectivity index (χ0) is 16.3. The molecule has 6 heteroatoms. The fraction of sp³-hybridized carbons (Fsp3) is 0.188. The standard InChI is InChI=1S/C16H14FN3O2/c1-9-3-11(6-18)4-10(2)13(9)8-20-16(22)15-14(21)5-12(17)7-19-15/h3-5,7,21H,8H2,1-2H3,(H,20,22). The first-order valence-electron chi connectivity index (χ1n) is 6.55. The molecule has 0 saturated carbocycles. The molecule has 2 rings (SSSR count). The summed E-state index contributed by atoms with van der Waals surface area (Å²) in [6, 6.07) is 6.38. The van der Waals surface area contributed by atoms with Crippen molar-refractivity contribution in [1.82, 2.24) is 10.3 Å². The molecule has 0 saturated heterocycles. The maximum absolute atomic E-state index is 12.9. The zero-order valence-electron chi connectivity index (χ0n) is 12.1. The number of hydrogen-bond donors (Lipinski definition) is 2. The number of pyridine rings is 1. The Morgan fingerprint density at radius 2 is 2.00 bits per heavy atom. The maximum atomic E-state index is 12.9. The minimum absolute atomic E-state index is 0.223. The predicted molar refractivity (Wildman–Crippen MR) is 77.7 cm³/mol. The lowest BCUT2D eigenvalue weighted by Gasteiger charge is -2.12. The number of nitriles is 1. The Bertz CT molecular complexity index is 758. The summed E-state index contributed by atoms with van der Waals surface area (Å²) in [6.07, 6.45) is 0.868. The van der Waals surface area contributed by atoms with Crippen LogP contribution in [-0.2, 0) is 6.54 Å². The molecule has 1 heterocycles. The van der Waals surface area contributed by atoms with Gasteiger partial charge in [-0.2, -0.15) is 5.26 Å². The van der Waals surface area contributed by atoms with Crippen molar-refractivity contribution in [2.75, 3.05) is 0 Å². The van der Waals surface area contributed by atoms with E-state index in [1.165, 1.54) is 0 Å². The molecule has 1 amide bonds. The third kappa shape index (κ3) is 3.20. The summed E-state index contributed by atoms with van der Waals surface area (Å²) in [5.74, 6) is -1.82. The van der Waals surface area contributed by atoms with Crippen LogP contribution in [0.2, 0.25) is 0 Å². The van der Waals surface area contributed by atoms with Gasteiger partial charge in [-0.3, -0.25) is 4.79 Å². The number of rotatable bonds is 3. The summed E-state index contributed by atoms with van der Waals surface area (Å²) in [7, 11) is 0. The minimum atomic E-state index is -0.715. The highest BCUT2D eigenvalue weighted by Crippen LogP contribution is 2.18. The molecule has 0 aliphatic heterocycles. The first-order valence-corrected chi connectivity index (χ1v) is 6.55. The van der Waals surface area contributed by atoms with Crippen LogP contribution >= 0.6 is 0 Å². The lowest BCUT2D eigenvalue weighted by Crippen LogP contribution is -2.24. The average Bonchev–Trinajstić information content (AvgIpc) is 2.45. The molecule has 0 bridgehead atoms. The van der Waals surface area contributed by atoms with E-state index in [-0.39, 0.29) is 12.2 Å². The van der Waals surface area contributed by atoms with Crippen molar-refractivity contribution in [3.05, 3.63) is 58.2 Å². The molecule has 0 aliphatic rings. The SMILES string of the molecule is Cc1cc(C#N)cc(C)c1CNC(=O)c1ncc(F)cc1O. The summed E-state index contributed by atoms with van der Waals surface area (Å²) < 4.78 is 12.9. The van der Waals surface area contributed by atoms with E-state index in [1.54, 1.807) is 12.1 Å². The fourth-order valence-corrected chi connectivity index (χ4v) is 2.19. The smallest absolute Gasteiger partial charge is 0.274 e. The molecule has 2 N–H and O–H groups in total. The maximum Gasteiger partial charge on any atom is 0.274 e. The third-order valence-electron chi connectivity index (χ3n) is 3.30. The summed E-state index contributed by atoms with van der Waals surface area (Å²) in [6.45, 7) is 3.92. The summed E-state index contributed by atoms with van der Waals surface area (Å²) >= 11 is 0. The molecule has 5 nitrogen and oxygen atoms in total. The number of aromatic hydroxyl groups is 1. The first kappa shape index (κ1) is 15.4. The summed E-state index contributed by atoms with van der Waals surface area (Å²) in [5, 5.41) is 21.1. The van der Waals surface area contributed by atoms with Gasteiger partial charge in [0.1, 0.15) is 11.6 Å². The van der Waals surface area contributed by atoms with E-state index in [9.17, 15) is 14.3 Å². The van der Waals surface area contributed by atoms with Crippen molar-refractivity contribution in [3.8, 4) is 11.8 Å². The largest absolute Gasteiger partial charge is 0.505 e. The molecule has 0 unspecified atom stereocenters. The van der Waals surface area contributed by atoms with Gasteiger partial charge in [-0.15, -0.1) is 0 Å². The van der Waals surface area contributed by atoms with Crippen molar-refractivity contribution < 1.29 is 14.3 Å². The number of carbonyl (C=O) groups is 1. The van der Waals surface area contributed by atoms with Gasteiger partial charge in [0.05, 0.1) is 17.8 Å². The number of aryl methyl sites for hydroxylation is 2. The third-order valence-corrected chi connectivity index (χ3v) is 3.30. The molecule has 0 fully saturated rings. The van der Waals surface area contributed by atoms with Crippen LogP contribution in [0.5, 0.6) is 5.75 Å². The van der Waals surface area contributed by atoms with Crippen LogP contribution in [0.3, 0.4) is 0 Å². The van der Waals surface area contributed by atoms with Gasteiger partial charge >= 0.3 is 0 Å². The molecule has 1 aromatic heterocycles. The summed E-state index contributed by atoms with van der Waals surface area (Å²) in [4.78, 5) is 15.6. The van der Waals surface area contributed by atoms with Crippen molar-refractivity contribution in [3.63, 3.8) is 0 Å². The van der Waals surface area contributed by atoms with E-state index >= 15 is 0 Å². The Labute approximate surface area is 127 Å². The normalized spacial score (nSPS) is 10.1. The van der Waals surface area contributed by atoms with Crippen LogP contribution in [0.15, 0.2) is 24.4 Å². The summed E-state index contributed by atoms with van der Waals surface area (Å²) in [5.41, 5.74) is 2.98. The Balaban J connectivity index is 2.17. The second-order valence-corrected chi connectivity index (χ2v) is 4.90. The van der Waals surface area contributed by atoms with E-state index in [0.29, 0.717) is 5.56 Å². The Morgan fingerprint density at radius 3 is 2.55 bits per heavy atom. The van der Waals surface area contributed by atoms with Crippen LogP contribution in [0.4, 0.5) is 4.39 Å². The Morgan fingerprint density at radius 1 is 1.36 bits per heavy atom. The van der Waals surface area contributed by atoms with Crippen LogP contribution in [-0.4, -0.2) is 16.0 Å². The number of nitrogens with one attached hydrogen (secondary N) is 1. The fourth-order valence-electron chi connectivity index (χ4n) is 2.19. The highest BCUT2D eigenvalue weighted by Gasteiger charge is 2.14. The molecule has 0 aliphatic carbocycles. The van der Waals surface area contributed by atoms with Gasteiger partial charge in [-0.25, -0.2) is 9.37 Å². The van der Waals surface area contributed by atoms with Crippen molar-refractivity contribution in [2.24, 2.45) is 0 Å². The van der Waals surface area contributed by atoms with Crippen LogP contribution in [0.25, 0.3) is 0 Å². The van der Waals surface area contributed by atoms with Gasteiger partial charge in [0.15, 0.2) is 5.69 Å². The van der Waals surface area contributed by atoms with E-state index in [0.717, 1.165) is 29.0 Å². The lowest BCUT2D eigenvalue weighted by atomic mass is 9.99. The van der Waals surface area contributed by atoms with E-state index in [4.69, 9.17) is 5.26 Å². The highest BCUT2D eigenvalue weighted by atomic mass is 19.1. The number of aromatic nitrogens is 1. The predicted octanol–water partition coefficient (Wildman–Crippen LogP) is 2.34. The quantitative estimate of drug-likeness (QED) is 0.911. The van der Waals surface area contributed by atoms with Crippen LogP contribution < -0.4 is 5.32 Å². The number of nitrogens with zero attached hydrogens (tertiary/aromatic N) is 2. The topological polar surface area (TPSA) is 86.0 Å². The number of hydrogen-bond acceptors (Lipinski definition) is 4. The molecule has 0 spiro atoms. The molecule has 1 aromatic carbocycles. The van der Waals surface area contributed by atoms with Gasteiger partial charge in [-0.1, -0.05) is 0 Å². The molecule has 0 atom stereocenters. The molecule has 2 aromatic rings. The first-order chi connectivity index (χ1) is 10.4. The van der Waals surface area contributed by atoms with Crippen molar-refractivity contribution in [1.29, 1.82) is 5.26 Å². The van der Waals surface area contributed by atoms with Gasteiger partial charge in [0.2, 0.25) is 0 Å². The van der Waals surface area contributed by atoms with Crippen molar-refractivity contribution >= 4 is 5.91 Å².